The molecule has 0 saturated carbocycles. The van der Waals surface area contributed by atoms with Crippen LogP contribution in [0.4, 0.5) is 0 Å². The molecule has 0 radical (unpaired) electrons. The Balaban J connectivity index is 5.31. The topological polar surface area (TPSA) is 237 Å². The van der Waals surface area contributed by atoms with Crippen molar-refractivity contribution in [1.29, 1.82) is 0 Å². The highest BCUT2D eigenvalue weighted by molar-refractivity contribution is 7.47. The second-order valence-corrected chi connectivity index (χ2v) is 31.0. The molecule has 0 spiro atoms. The van der Waals surface area contributed by atoms with Gasteiger partial charge in [-0.05, 0) is 83.5 Å². The number of hydrogen-bond acceptors (Lipinski definition) is 15. The lowest BCUT2D eigenvalue weighted by Gasteiger charge is -2.21. The minimum absolute atomic E-state index is 0.0866. The lowest BCUT2D eigenvalue weighted by Crippen LogP contribution is -2.30. The van der Waals surface area contributed by atoms with Crippen molar-refractivity contribution in [2.45, 2.75) is 418 Å². The van der Waals surface area contributed by atoms with Gasteiger partial charge in [0, 0.05) is 25.7 Å². The van der Waals surface area contributed by atoms with Gasteiger partial charge in [-0.1, -0.05) is 327 Å². The number of aliphatic hydroxyl groups excluding tert-OH is 1. The highest BCUT2D eigenvalue weighted by Crippen LogP contribution is 2.45. The average Bonchev–Trinajstić information content (AvgIpc) is 1.25. The van der Waals surface area contributed by atoms with Crippen molar-refractivity contribution in [2.24, 2.45) is 0 Å². The molecule has 0 rings (SSSR count). The first kappa shape index (κ1) is 97.3. The predicted octanol–water partition coefficient (Wildman–Crippen LogP) is 23.9. The van der Waals surface area contributed by atoms with Gasteiger partial charge in [0.25, 0.3) is 0 Å². The molecule has 0 amide bonds. The number of allylic oxidation sites excluding steroid dienone is 6. The van der Waals surface area contributed by atoms with E-state index in [1.165, 1.54) is 193 Å². The second kappa shape index (κ2) is 74.5. The first-order valence-electron chi connectivity index (χ1n) is 41.2. The molecule has 0 aliphatic rings. The quantitative estimate of drug-likeness (QED) is 0.0169. The summed E-state index contributed by atoms with van der Waals surface area (Å²) in [6.07, 6.45) is 71.0. The Kier molecular flexibility index (Phi) is 72.5. The van der Waals surface area contributed by atoms with Crippen LogP contribution in [0.2, 0.25) is 0 Å². The minimum Gasteiger partial charge on any atom is -0.462 e. The van der Waals surface area contributed by atoms with Crippen LogP contribution in [-0.4, -0.2) is 96.7 Å². The molecule has 0 aromatic carbocycles. The largest absolute Gasteiger partial charge is 0.472 e. The van der Waals surface area contributed by atoms with Crippen LogP contribution >= 0.6 is 15.6 Å². The van der Waals surface area contributed by atoms with Gasteiger partial charge in [-0.3, -0.25) is 37.3 Å². The van der Waals surface area contributed by atoms with Crippen molar-refractivity contribution in [3.05, 3.63) is 36.5 Å². The molecule has 0 aliphatic heterocycles. The van der Waals surface area contributed by atoms with E-state index in [4.69, 9.17) is 37.0 Å². The Bertz CT molecular complexity index is 2040. The van der Waals surface area contributed by atoms with Gasteiger partial charge in [-0.25, -0.2) is 9.13 Å². The number of aliphatic hydroxyl groups is 1. The van der Waals surface area contributed by atoms with Crippen LogP contribution in [0.5, 0.6) is 0 Å². The Hall–Kier alpha value is -2.72. The van der Waals surface area contributed by atoms with Crippen molar-refractivity contribution in [3.8, 4) is 0 Å². The third-order valence-electron chi connectivity index (χ3n) is 18.1. The van der Waals surface area contributed by atoms with E-state index in [-0.39, 0.29) is 25.7 Å². The molecule has 0 bridgehead atoms. The summed E-state index contributed by atoms with van der Waals surface area (Å²) in [7, 11) is -9.94. The normalized spacial score (nSPS) is 14.0. The van der Waals surface area contributed by atoms with E-state index >= 15 is 0 Å². The Morgan fingerprint density at radius 2 is 0.490 bits per heavy atom. The fourth-order valence-electron chi connectivity index (χ4n) is 11.8. The predicted molar refractivity (Wildman–Crippen MR) is 409 cm³/mol. The molecule has 5 atom stereocenters. The van der Waals surface area contributed by atoms with Gasteiger partial charge < -0.3 is 33.8 Å². The first-order valence-corrected chi connectivity index (χ1v) is 44.2. The van der Waals surface area contributed by atoms with Gasteiger partial charge >= 0.3 is 39.5 Å². The number of phosphoric ester groups is 2. The highest BCUT2D eigenvalue weighted by Gasteiger charge is 2.30. The fraction of sp³-hybridized carbons (Fsp3) is 0.877. The van der Waals surface area contributed by atoms with Crippen LogP contribution < -0.4 is 0 Å². The number of phosphoric acid groups is 2. The molecule has 0 aromatic heterocycles. The zero-order chi connectivity index (χ0) is 73.2. The SMILES string of the molecule is CCCCC/C=C\C/C=C\CCCCCCCC(=O)O[C@H](COC(=O)CCCCCCCCCCCCCCCCC)COP(=O)(O)OC[C@H](O)COP(=O)(O)OC[C@@H](COC(=O)CCCCCCCCC/C=C\CCCCCC)OC(=O)CCCCCCCCCCCCCCCCC. The zero-order valence-electron chi connectivity index (χ0n) is 64.4. The molecular formula is C81H152O17P2. The zero-order valence-corrected chi connectivity index (χ0v) is 66.2. The van der Waals surface area contributed by atoms with E-state index in [2.05, 4.69) is 64.2 Å². The monoisotopic (exact) mass is 1460 g/mol. The van der Waals surface area contributed by atoms with Crippen molar-refractivity contribution in [3.63, 3.8) is 0 Å². The molecule has 0 aliphatic carbocycles. The third-order valence-corrected chi connectivity index (χ3v) is 20.0. The van der Waals surface area contributed by atoms with Crippen LogP contribution in [0.25, 0.3) is 0 Å². The summed E-state index contributed by atoms with van der Waals surface area (Å²) in [6, 6.07) is 0. The smallest absolute Gasteiger partial charge is 0.462 e. The molecule has 19 heteroatoms. The number of esters is 4. The highest BCUT2D eigenvalue weighted by atomic mass is 31.2. The average molecular weight is 1460 g/mol. The van der Waals surface area contributed by atoms with Gasteiger partial charge in [0.2, 0.25) is 0 Å². The van der Waals surface area contributed by atoms with Crippen LogP contribution in [-0.2, 0) is 65.4 Å². The molecule has 0 heterocycles. The van der Waals surface area contributed by atoms with E-state index in [1.807, 2.05) is 0 Å². The molecule has 588 valence electrons. The Morgan fingerprint density at radius 3 is 0.780 bits per heavy atom. The van der Waals surface area contributed by atoms with Crippen molar-refractivity contribution in [2.75, 3.05) is 39.6 Å². The summed E-state index contributed by atoms with van der Waals surface area (Å²) < 4.78 is 68.7. The number of carbonyl (C=O) groups is 4. The standard InChI is InChI=1S/C81H152O17P2/c1-5-9-13-17-21-25-29-33-37-41-45-49-53-57-61-65-78(83)91-71-76(97-80(85)67-63-59-55-51-47-43-39-35-31-27-23-19-15-11-7-3)73-95-99(87,88)93-69-75(82)70-94-100(89,90)96-74-77(98-81(86)68-64-60-56-52-48-44-40-36-32-28-24-20-16-12-8-4)72-92-79(84)66-62-58-54-50-46-42-38-34-30-26-22-18-14-10-6-2/h23,26-27,30,35,39,75-77,82H,5-22,24-25,28-29,31-34,36-38,40-74H2,1-4H3,(H,87,88)(H,89,90)/b27-23-,30-26-,39-35-/t75-,76+,77+/m0/s1. The van der Waals surface area contributed by atoms with Gasteiger partial charge in [0.1, 0.15) is 19.3 Å². The summed E-state index contributed by atoms with van der Waals surface area (Å²) in [5.74, 6) is -2.14. The second-order valence-electron chi connectivity index (χ2n) is 28.1. The molecule has 2 unspecified atom stereocenters. The van der Waals surface area contributed by atoms with E-state index in [0.717, 1.165) is 128 Å². The summed E-state index contributed by atoms with van der Waals surface area (Å²) in [5, 5.41) is 10.6. The van der Waals surface area contributed by atoms with Crippen molar-refractivity contribution < 1.29 is 80.2 Å². The molecule has 17 nitrogen and oxygen atoms in total. The number of carbonyl (C=O) groups excluding carboxylic acids is 4. The maximum atomic E-state index is 13.1. The first-order chi connectivity index (χ1) is 48.7. The number of unbranched alkanes of at least 4 members (excludes halogenated alkanes) is 47. The molecule has 3 N–H and O–H groups in total. The van der Waals surface area contributed by atoms with Gasteiger partial charge in [0.05, 0.1) is 26.4 Å². The van der Waals surface area contributed by atoms with Crippen LogP contribution in [0.15, 0.2) is 36.5 Å². The molecule has 0 aromatic rings. The number of hydrogen-bond donors (Lipinski definition) is 3. The number of rotatable bonds is 79. The van der Waals surface area contributed by atoms with Crippen molar-refractivity contribution in [1.82, 2.24) is 0 Å². The Morgan fingerprint density at radius 1 is 0.280 bits per heavy atom. The third kappa shape index (κ3) is 73.6. The van der Waals surface area contributed by atoms with E-state index in [9.17, 15) is 43.2 Å². The Labute approximate surface area is 611 Å². The van der Waals surface area contributed by atoms with E-state index in [1.54, 1.807) is 0 Å². The van der Waals surface area contributed by atoms with Gasteiger partial charge in [-0.15, -0.1) is 0 Å². The van der Waals surface area contributed by atoms with Gasteiger partial charge in [-0.2, -0.15) is 0 Å². The lowest BCUT2D eigenvalue weighted by atomic mass is 10.0. The molecule has 0 fully saturated rings. The van der Waals surface area contributed by atoms with Crippen LogP contribution in [0.3, 0.4) is 0 Å². The fourth-order valence-corrected chi connectivity index (χ4v) is 13.4. The summed E-state index contributed by atoms with van der Waals surface area (Å²) >= 11 is 0. The maximum Gasteiger partial charge on any atom is 0.472 e. The summed E-state index contributed by atoms with van der Waals surface area (Å²) in [5.41, 5.74) is 0. The van der Waals surface area contributed by atoms with E-state index < -0.39 is 97.5 Å². The molecule has 100 heavy (non-hydrogen) atoms. The van der Waals surface area contributed by atoms with Crippen LogP contribution in [0, 0.1) is 0 Å². The van der Waals surface area contributed by atoms with Gasteiger partial charge in [0.15, 0.2) is 12.2 Å². The maximum absolute atomic E-state index is 13.1. The van der Waals surface area contributed by atoms with Crippen LogP contribution in [0.1, 0.15) is 400 Å². The molecular weight excluding hydrogens is 1310 g/mol. The summed E-state index contributed by atoms with van der Waals surface area (Å²) in [4.78, 5) is 73.0. The minimum atomic E-state index is -4.97. The van der Waals surface area contributed by atoms with Crippen molar-refractivity contribution >= 4 is 39.5 Å². The molecule has 0 saturated heterocycles. The van der Waals surface area contributed by atoms with E-state index in [0.29, 0.717) is 25.7 Å². The lowest BCUT2D eigenvalue weighted by molar-refractivity contribution is -0.161. The summed E-state index contributed by atoms with van der Waals surface area (Å²) in [6.45, 7) is 4.93. The number of ether oxygens (including phenoxy) is 4.